The summed E-state index contributed by atoms with van der Waals surface area (Å²) in [5, 5.41) is 0. The molecule has 0 unspecified atom stereocenters. The van der Waals surface area contributed by atoms with Crippen LogP contribution in [0.1, 0.15) is 46.1 Å². The van der Waals surface area contributed by atoms with Gasteiger partial charge in [-0.25, -0.2) is 9.38 Å². The molecule has 0 saturated heterocycles. The smallest absolute Gasteiger partial charge is 0.271 e. The number of aromatic nitrogens is 2. The Kier molecular flexibility index (Phi) is 6.66. The highest BCUT2D eigenvalue weighted by Gasteiger charge is 2.33. The second-order valence-electron chi connectivity index (χ2n) is 10.9. The van der Waals surface area contributed by atoms with Crippen molar-refractivity contribution >= 4 is 23.1 Å². The molecule has 216 valence electrons. The van der Waals surface area contributed by atoms with E-state index in [4.69, 9.17) is 14.5 Å². The average Bonchev–Trinajstić information content (AvgIpc) is 3.49. The third-order valence-electron chi connectivity index (χ3n) is 8.44. The Hall–Kier alpha value is -4.69. The number of ether oxygens (including phenoxy) is 2. The molecule has 0 radical (unpaired) electrons. The molecule has 5 aromatic rings. The molecule has 1 aliphatic heterocycles. The van der Waals surface area contributed by atoms with E-state index in [1.165, 1.54) is 29.0 Å². The van der Waals surface area contributed by atoms with Crippen LogP contribution in [0.25, 0.3) is 17.5 Å². The lowest BCUT2D eigenvalue weighted by molar-refractivity contribution is 0.354. The number of methoxy groups -OCH3 is 2. The number of hydrogen-bond donors (Lipinski definition) is 0. The first-order valence-corrected chi connectivity index (χ1v) is 15.0. The Morgan fingerprint density at radius 1 is 0.953 bits per heavy atom. The van der Waals surface area contributed by atoms with Crippen molar-refractivity contribution in [2.45, 2.75) is 32.7 Å². The zero-order valence-electron chi connectivity index (χ0n) is 24.3. The minimum absolute atomic E-state index is 0.0828. The molecule has 6 nitrogen and oxygen atoms in total. The zero-order valence-corrected chi connectivity index (χ0v) is 25.2. The molecule has 3 heterocycles. The van der Waals surface area contributed by atoms with E-state index in [2.05, 4.69) is 28.8 Å². The summed E-state index contributed by atoms with van der Waals surface area (Å²) in [6.07, 6.45) is 3.64. The highest BCUT2D eigenvalue weighted by atomic mass is 32.1. The monoisotopic (exact) mass is 591 g/mol. The molecule has 1 aliphatic carbocycles. The van der Waals surface area contributed by atoms with E-state index in [0.717, 1.165) is 57.9 Å². The highest BCUT2D eigenvalue weighted by molar-refractivity contribution is 7.07. The fourth-order valence-electron chi connectivity index (χ4n) is 6.41. The lowest BCUT2D eigenvalue weighted by atomic mass is 9.83. The first-order chi connectivity index (χ1) is 20.9. The van der Waals surface area contributed by atoms with E-state index in [9.17, 15) is 9.18 Å². The number of aryl methyl sites for hydroxylation is 2. The molecule has 2 aliphatic rings. The molecular weight excluding hydrogens is 561 g/mol. The van der Waals surface area contributed by atoms with Gasteiger partial charge in [-0.2, -0.15) is 0 Å². The standard InChI is InChI=1S/C35H30FN3O3S/c1-20-17-24(21(2)38(20)26-13-11-25(36)12-14-26)19-31-34(40)39-33(23-10-16-29(41-3)30(18-23)42-4)28-15-9-22-7-5-6-8-27(22)32(28)37-35(39)43-31/h5-8,10-14,16-19,33H,9,15H2,1-4H3/b31-19-/t33-/m1/s1. The molecule has 2 aromatic heterocycles. The van der Waals surface area contributed by atoms with Crippen LogP contribution < -0.4 is 24.4 Å². The number of rotatable bonds is 5. The molecule has 3 aromatic carbocycles. The summed E-state index contributed by atoms with van der Waals surface area (Å²) >= 11 is 1.40. The van der Waals surface area contributed by atoms with E-state index < -0.39 is 0 Å². The second-order valence-corrected chi connectivity index (χ2v) is 11.9. The summed E-state index contributed by atoms with van der Waals surface area (Å²) in [5.41, 5.74) is 9.10. The summed E-state index contributed by atoms with van der Waals surface area (Å²) in [6.45, 7) is 4.03. The van der Waals surface area contributed by atoms with Gasteiger partial charge < -0.3 is 14.0 Å². The average molecular weight is 592 g/mol. The van der Waals surface area contributed by atoms with Crippen LogP contribution in [0, 0.1) is 19.7 Å². The Bertz CT molecular complexity index is 2120. The SMILES string of the molecule is COc1ccc([C@@H]2C3=C(N=c4s/c(=C\c5cc(C)n(-c6ccc(F)cc6)c5C)c(=O)n42)c2ccccc2CC3)cc1OC. The van der Waals surface area contributed by atoms with Crippen molar-refractivity contribution in [2.75, 3.05) is 14.2 Å². The van der Waals surface area contributed by atoms with Crippen molar-refractivity contribution in [3.8, 4) is 17.2 Å². The largest absolute Gasteiger partial charge is 0.493 e. The molecule has 0 N–H and O–H groups in total. The molecule has 43 heavy (non-hydrogen) atoms. The zero-order chi connectivity index (χ0) is 29.8. The topological polar surface area (TPSA) is 57.8 Å². The van der Waals surface area contributed by atoms with Gasteiger partial charge in [0, 0.05) is 22.6 Å². The lowest BCUT2D eigenvalue weighted by Crippen LogP contribution is -2.38. The summed E-state index contributed by atoms with van der Waals surface area (Å²) in [6, 6.07) is 22.4. The number of halogens is 1. The van der Waals surface area contributed by atoms with Gasteiger partial charge >= 0.3 is 0 Å². The number of allylic oxidation sites excluding steroid dienone is 1. The fourth-order valence-corrected chi connectivity index (χ4v) is 7.40. The van der Waals surface area contributed by atoms with Gasteiger partial charge in [-0.05, 0) is 97.5 Å². The van der Waals surface area contributed by atoms with Crippen molar-refractivity contribution in [1.82, 2.24) is 9.13 Å². The highest BCUT2D eigenvalue weighted by Crippen LogP contribution is 2.42. The predicted octanol–water partition coefficient (Wildman–Crippen LogP) is 5.88. The number of benzene rings is 3. The van der Waals surface area contributed by atoms with Gasteiger partial charge in [0.05, 0.1) is 30.5 Å². The summed E-state index contributed by atoms with van der Waals surface area (Å²) in [4.78, 5) is 20.1. The quantitative estimate of drug-likeness (QED) is 0.257. The van der Waals surface area contributed by atoms with Crippen LogP contribution in [0.3, 0.4) is 0 Å². The fraction of sp³-hybridized carbons (Fsp3) is 0.200. The van der Waals surface area contributed by atoms with Gasteiger partial charge in [0.1, 0.15) is 5.82 Å². The van der Waals surface area contributed by atoms with Gasteiger partial charge in [0.25, 0.3) is 5.56 Å². The Morgan fingerprint density at radius 2 is 1.72 bits per heavy atom. The summed E-state index contributed by atoms with van der Waals surface area (Å²) < 4.78 is 29.3. The third-order valence-corrected chi connectivity index (χ3v) is 9.42. The summed E-state index contributed by atoms with van der Waals surface area (Å²) in [7, 11) is 3.24. The normalized spacial score (nSPS) is 15.9. The van der Waals surface area contributed by atoms with E-state index >= 15 is 0 Å². The Morgan fingerprint density at radius 3 is 2.49 bits per heavy atom. The number of hydrogen-bond acceptors (Lipinski definition) is 5. The van der Waals surface area contributed by atoms with Crippen LogP contribution in [-0.2, 0) is 6.42 Å². The molecule has 7 rings (SSSR count). The first kappa shape index (κ1) is 27.2. The van der Waals surface area contributed by atoms with Crippen molar-refractivity contribution in [3.05, 3.63) is 138 Å². The molecule has 8 heteroatoms. The van der Waals surface area contributed by atoms with Crippen LogP contribution in [0.2, 0.25) is 0 Å². The molecule has 0 spiro atoms. The van der Waals surface area contributed by atoms with Crippen molar-refractivity contribution in [2.24, 2.45) is 4.99 Å². The molecule has 0 fully saturated rings. The molecule has 0 saturated carbocycles. The first-order valence-electron chi connectivity index (χ1n) is 14.2. The minimum atomic E-state index is -0.326. The predicted molar refractivity (Wildman–Crippen MR) is 167 cm³/mol. The van der Waals surface area contributed by atoms with E-state index in [0.29, 0.717) is 20.8 Å². The van der Waals surface area contributed by atoms with Gasteiger partial charge in [-0.3, -0.25) is 9.36 Å². The van der Waals surface area contributed by atoms with Crippen LogP contribution in [-0.4, -0.2) is 23.4 Å². The van der Waals surface area contributed by atoms with E-state index in [1.54, 1.807) is 26.4 Å². The van der Waals surface area contributed by atoms with Gasteiger partial charge in [0.2, 0.25) is 0 Å². The van der Waals surface area contributed by atoms with Crippen molar-refractivity contribution in [1.29, 1.82) is 0 Å². The van der Waals surface area contributed by atoms with Crippen molar-refractivity contribution in [3.63, 3.8) is 0 Å². The second kappa shape index (κ2) is 10.5. The maximum absolute atomic E-state index is 14.3. The molecular formula is C35H30FN3O3S. The van der Waals surface area contributed by atoms with Crippen LogP contribution >= 0.6 is 11.3 Å². The van der Waals surface area contributed by atoms with Crippen LogP contribution in [0.4, 0.5) is 4.39 Å². The molecule has 0 amide bonds. The van der Waals surface area contributed by atoms with Crippen LogP contribution in [0.15, 0.2) is 88.2 Å². The number of fused-ring (bicyclic) bond motifs is 3. The maximum atomic E-state index is 14.3. The minimum Gasteiger partial charge on any atom is -0.493 e. The van der Waals surface area contributed by atoms with E-state index in [-0.39, 0.29) is 17.4 Å². The lowest BCUT2D eigenvalue weighted by Gasteiger charge is -2.31. The van der Waals surface area contributed by atoms with Gasteiger partial charge in [-0.15, -0.1) is 0 Å². The van der Waals surface area contributed by atoms with Crippen molar-refractivity contribution < 1.29 is 13.9 Å². The summed E-state index contributed by atoms with van der Waals surface area (Å²) in [5.74, 6) is 0.978. The Labute approximate surface area is 252 Å². The van der Waals surface area contributed by atoms with Crippen LogP contribution in [0.5, 0.6) is 11.5 Å². The molecule has 1 atom stereocenters. The number of nitrogens with zero attached hydrogens (tertiary/aromatic N) is 3. The van der Waals surface area contributed by atoms with Gasteiger partial charge in [-0.1, -0.05) is 41.7 Å². The molecule has 0 bridgehead atoms. The Balaban J connectivity index is 1.44. The third kappa shape index (κ3) is 4.44. The number of thiazole rings is 1. The maximum Gasteiger partial charge on any atom is 0.271 e. The van der Waals surface area contributed by atoms with Gasteiger partial charge in [0.15, 0.2) is 16.3 Å². The van der Waals surface area contributed by atoms with E-state index in [1.807, 2.05) is 48.8 Å².